The molecule has 2 aromatic carbocycles. The summed E-state index contributed by atoms with van der Waals surface area (Å²) >= 11 is 0. The van der Waals surface area contributed by atoms with E-state index in [9.17, 15) is 4.79 Å². The first-order chi connectivity index (χ1) is 11.5. The van der Waals surface area contributed by atoms with Crippen LogP contribution in [0.2, 0.25) is 0 Å². The Morgan fingerprint density at radius 2 is 1.62 bits per heavy atom. The van der Waals surface area contributed by atoms with Crippen molar-refractivity contribution in [3.05, 3.63) is 59.7 Å². The first kappa shape index (κ1) is 17.6. The van der Waals surface area contributed by atoms with E-state index in [-0.39, 0.29) is 0 Å². The predicted octanol–water partition coefficient (Wildman–Crippen LogP) is 4.45. The van der Waals surface area contributed by atoms with Crippen LogP contribution >= 0.6 is 0 Å². The average molecular weight is 326 g/mol. The van der Waals surface area contributed by atoms with Gasteiger partial charge < -0.3 is 14.2 Å². The van der Waals surface area contributed by atoms with Gasteiger partial charge in [0.25, 0.3) is 0 Å². The molecule has 0 aromatic heterocycles. The summed E-state index contributed by atoms with van der Waals surface area (Å²) < 4.78 is 15.8. The van der Waals surface area contributed by atoms with Crippen LogP contribution in [0.15, 0.2) is 48.5 Å². The van der Waals surface area contributed by atoms with Crippen molar-refractivity contribution in [1.29, 1.82) is 0 Å². The third-order valence-corrected chi connectivity index (χ3v) is 3.60. The number of carbonyl (C=O) groups excluding carboxylic acids is 1. The molecule has 0 saturated carbocycles. The van der Waals surface area contributed by atoms with Gasteiger partial charge in [0.15, 0.2) is 0 Å². The zero-order valence-electron chi connectivity index (χ0n) is 14.4. The van der Waals surface area contributed by atoms with E-state index in [2.05, 4.69) is 13.8 Å². The van der Waals surface area contributed by atoms with Crippen molar-refractivity contribution in [3.8, 4) is 17.2 Å². The smallest absolute Gasteiger partial charge is 0.336 e. The lowest BCUT2D eigenvalue weighted by atomic mass is 10.0. The van der Waals surface area contributed by atoms with Crippen LogP contribution in [0.3, 0.4) is 0 Å². The Hall–Kier alpha value is -2.75. The van der Waals surface area contributed by atoms with Gasteiger partial charge in [-0.3, -0.25) is 0 Å². The van der Waals surface area contributed by atoms with Crippen molar-refractivity contribution in [2.45, 2.75) is 19.8 Å². The minimum atomic E-state index is -0.447. The molecule has 0 aliphatic carbocycles. The van der Waals surface area contributed by atoms with Crippen molar-refractivity contribution >= 4 is 12.0 Å². The van der Waals surface area contributed by atoms with E-state index in [1.54, 1.807) is 50.6 Å². The molecule has 0 fully saturated rings. The maximum Gasteiger partial charge on any atom is 0.336 e. The van der Waals surface area contributed by atoms with Crippen LogP contribution in [0.4, 0.5) is 0 Å². The number of hydrogen-bond acceptors (Lipinski definition) is 4. The molecule has 24 heavy (non-hydrogen) atoms. The third-order valence-electron chi connectivity index (χ3n) is 3.60. The Labute approximate surface area is 142 Å². The first-order valence-electron chi connectivity index (χ1n) is 7.75. The molecule has 0 saturated heterocycles. The standard InChI is InChI=1S/C20H22O4/c1-14(2)15-5-8-17(9-6-15)24-20(21)12-7-16-13-18(22-3)10-11-19(16)23-4/h5-14H,1-4H3/b12-7+. The van der Waals surface area contributed by atoms with Crippen molar-refractivity contribution in [1.82, 2.24) is 0 Å². The van der Waals surface area contributed by atoms with Crippen LogP contribution in [-0.2, 0) is 4.79 Å². The molecule has 0 heterocycles. The van der Waals surface area contributed by atoms with Gasteiger partial charge in [0.2, 0.25) is 0 Å². The van der Waals surface area contributed by atoms with Crippen LogP contribution in [-0.4, -0.2) is 20.2 Å². The molecule has 0 unspecified atom stereocenters. The summed E-state index contributed by atoms with van der Waals surface area (Å²) in [4.78, 5) is 12.0. The zero-order valence-corrected chi connectivity index (χ0v) is 14.4. The summed E-state index contributed by atoms with van der Waals surface area (Å²) in [7, 11) is 3.16. The molecule has 0 atom stereocenters. The summed E-state index contributed by atoms with van der Waals surface area (Å²) in [5.41, 5.74) is 1.94. The van der Waals surface area contributed by atoms with Gasteiger partial charge in [-0.05, 0) is 47.9 Å². The van der Waals surface area contributed by atoms with E-state index in [0.29, 0.717) is 23.2 Å². The second-order valence-corrected chi connectivity index (χ2v) is 5.59. The van der Waals surface area contributed by atoms with Crippen LogP contribution in [0.25, 0.3) is 6.08 Å². The van der Waals surface area contributed by atoms with E-state index in [1.165, 1.54) is 11.6 Å². The van der Waals surface area contributed by atoms with Crippen LogP contribution in [0.5, 0.6) is 17.2 Å². The predicted molar refractivity (Wildman–Crippen MR) is 94.7 cm³/mol. The summed E-state index contributed by atoms with van der Waals surface area (Å²) in [6.45, 7) is 4.23. The molecule has 0 N–H and O–H groups in total. The van der Waals surface area contributed by atoms with Crippen molar-refractivity contribution < 1.29 is 19.0 Å². The van der Waals surface area contributed by atoms with Gasteiger partial charge in [-0.25, -0.2) is 4.79 Å². The van der Waals surface area contributed by atoms with Crippen molar-refractivity contribution in [2.75, 3.05) is 14.2 Å². The van der Waals surface area contributed by atoms with E-state index < -0.39 is 5.97 Å². The lowest BCUT2D eigenvalue weighted by Crippen LogP contribution is -2.03. The lowest BCUT2D eigenvalue weighted by molar-refractivity contribution is -0.128. The highest BCUT2D eigenvalue weighted by molar-refractivity contribution is 5.89. The maximum atomic E-state index is 12.0. The van der Waals surface area contributed by atoms with Gasteiger partial charge >= 0.3 is 5.97 Å². The second kappa shape index (κ2) is 8.20. The number of hydrogen-bond donors (Lipinski definition) is 0. The Balaban J connectivity index is 2.07. The number of rotatable bonds is 6. The molecule has 0 aliphatic rings. The molecule has 0 aliphatic heterocycles. The second-order valence-electron chi connectivity index (χ2n) is 5.59. The zero-order chi connectivity index (χ0) is 17.5. The van der Waals surface area contributed by atoms with E-state index in [0.717, 1.165) is 5.56 Å². The molecule has 2 rings (SSSR count). The number of methoxy groups -OCH3 is 2. The normalized spacial score (nSPS) is 10.9. The van der Waals surface area contributed by atoms with Gasteiger partial charge in [0.1, 0.15) is 17.2 Å². The molecule has 0 bridgehead atoms. The molecule has 4 heteroatoms. The lowest BCUT2D eigenvalue weighted by Gasteiger charge is -2.08. The molecular weight excluding hydrogens is 304 g/mol. The fourth-order valence-electron chi connectivity index (χ4n) is 2.20. The molecule has 2 aromatic rings. The van der Waals surface area contributed by atoms with Gasteiger partial charge in [-0.2, -0.15) is 0 Å². The average Bonchev–Trinajstić information content (AvgIpc) is 2.60. The number of ether oxygens (including phenoxy) is 3. The van der Waals surface area contributed by atoms with Gasteiger partial charge in [-0.1, -0.05) is 26.0 Å². The van der Waals surface area contributed by atoms with E-state index >= 15 is 0 Å². The van der Waals surface area contributed by atoms with Crippen LogP contribution in [0, 0.1) is 0 Å². The fraction of sp³-hybridized carbons (Fsp3) is 0.250. The Kier molecular flexibility index (Phi) is 6.01. The first-order valence-corrected chi connectivity index (χ1v) is 7.75. The topological polar surface area (TPSA) is 44.8 Å². The van der Waals surface area contributed by atoms with E-state index in [4.69, 9.17) is 14.2 Å². The number of esters is 1. The molecule has 0 radical (unpaired) electrons. The Morgan fingerprint density at radius 1 is 0.958 bits per heavy atom. The molecule has 0 amide bonds. The van der Waals surface area contributed by atoms with Crippen LogP contribution < -0.4 is 14.2 Å². The van der Waals surface area contributed by atoms with Crippen LogP contribution in [0.1, 0.15) is 30.9 Å². The SMILES string of the molecule is COc1ccc(OC)c(/C=C/C(=O)Oc2ccc(C(C)C)cc2)c1. The maximum absolute atomic E-state index is 12.0. The Bertz CT molecular complexity index is 715. The number of carbonyl (C=O) groups is 1. The molecular formula is C20H22O4. The quantitative estimate of drug-likeness (QED) is 0.447. The van der Waals surface area contributed by atoms with Crippen molar-refractivity contribution in [3.63, 3.8) is 0 Å². The van der Waals surface area contributed by atoms with Gasteiger partial charge in [0.05, 0.1) is 14.2 Å². The highest BCUT2D eigenvalue weighted by Gasteiger charge is 2.05. The number of benzene rings is 2. The van der Waals surface area contributed by atoms with E-state index in [1.807, 2.05) is 12.1 Å². The highest BCUT2D eigenvalue weighted by Crippen LogP contribution is 2.25. The summed E-state index contributed by atoms with van der Waals surface area (Å²) in [5, 5.41) is 0. The third kappa shape index (κ3) is 4.62. The molecule has 0 spiro atoms. The summed E-state index contributed by atoms with van der Waals surface area (Å²) in [5.74, 6) is 1.85. The Morgan fingerprint density at radius 3 is 2.21 bits per heavy atom. The van der Waals surface area contributed by atoms with Gasteiger partial charge in [-0.15, -0.1) is 0 Å². The van der Waals surface area contributed by atoms with Crippen molar-refractivity contribution in [2.24, 2.45) is 0 Å². The minimum absolute atomic E-state index is 0.440. The summed E-state index contributed by atoms with van der Waals surface area (Å²) in [6.07, 6.45) is 3.01. The highest BCUT2D eigenvalue weighted by atomic mass is 16.5. The largest absolute Gasteiger partial charge is 0.497 e. The monoisotopic (exact) mass is 326 g/mol. The fourth-order valence-corrected chi connectivity index (χ4v) is 2.20. The molecule has 126 valence electrons. The molecule has 4 nitrogen and oxygen atoms in total. The summed E-state index contributed by atoms with van der Waals surface area (Å²) in [6, 6.07) is 12.9. The van der Waals surface area contributed by atoms with Gasteiger partial charge in [0, 0.05) is 11.6 Å². The minimum Gasteiger partial charge on any atom is -0.497 e.